The summed E-state index contributed by atoms with van der Waals surface area (Å²) in [6.45, 7) is 6.06. The van der Waals surface area contributed by atoms with Crippen LogP contribution in [-0.2, 0) is 6.54 Å². The fourth-order valence-corrected chi connectivity index (χ4v) is 2.51. The summed E-state index contributed by atoms with van der Waals surface area (Å²) in [6, 6.07) is 5.23. The molecule has 1 fully saturated rings. The van der Waals surface area contributed by atoms with Crippen molar-refractivity contribution >= 4 is 0 Å². The zero-order valence-corrected chi connectivity index (χ0v) is 9.78. The molecule has 2 rings (SSSR count). The smallest absolute Gasteiger partial charge is 0.165 e. The van der Waals surface area contributed by atoms with Crippen LogP contribution in [0.1, 0.15) is 25.8 Å². The molecule has 3 heteroatoms. The minimum absolute atomic E-state index is 0.200. The highest BCUT2D eigenvalue weighted by molar-refractivity contribution is 5.33. The average Bonchev–Trinajstić information content (AvgIpc) is 2.53. The molecule has 1 aromatic rings. The zero-order chi connectivity index (χ0) is 11.7. The normalized spacial score (nSPS) is 26.2. The predicted octanol–water partition coefficient (Wildman–Crippen LogP) is 2.76. The Morgan fingerprint density at radius 3 is 2.81 bits per heavy atom. The van der Waals surface area contributed by atoms with Gasteiger partial charge in [-0.3, -0.25) is 4.90 Å². The SMILES string of the molecule is CC1CC(C)N(Cc2cccc(F)c2O)C1. The molecule has 1 N–H and O–H groups in total. The Morgan fingerprint density at radius 1 is 1.44 bits per heavy atom. The van der Waals surface area contributed by atoms with Gasteiger partial charge in [0.2, 0.25) is 0 Å². The second-order valence-electron chi connectivity index (χ2n) is 4.87. The molecule has 0 bridgehead atoms. The number of hydrogen-bond donors (Lipinski definition) is 1. The van der Waals surface area contributed by atoms with E-state index in [-0.39, 0.29) is 5.75 Å². The molecule has 2 atom stereocenters. The van der Waals surface area contributed by atoms with E-state index in [2.05, 4.69) is 18.7 Å². The number of hydrogen-bond acceptors (Lipinski definition) is 2. The van der Waals surface area contributed by atoms with Crippen molar-refractivity contribution in [2.45, 2.75) is 32.9 Å². The Labute approximate surface area is 95.7 Å². The fraction of sp³-hybridized carbons (Fsp3) is 0.538. The van der Waals surface area contributed by atoms with Crippen molar-refractivity contribution < 1.29 is 9.50 Å². The lowest BCUT2D eigenvalue weighted by Crippen LogP contribution is -2.26. The van der Waals surface area contributed by atoms with Gasteiger partial charge in [-0.05, 0) is 25.3 Å². The third-order valence-electron chi connectivity index (χ3n) is 3.36. The van der Waals surface area contributed by atoms with E-state index in [0.717, 1.165) is 6.54 Å². The summed E-state index contributed by atoms with van der Waals surface area (Å²) >= 11 is 0. The maximum Gasteiger partial charge on any atom is 0.165 e. The number of phenolic OH excluding ortho intramolecular Hbond substituents is 1. The summed E-state index contributed by atoms with van der Waals surface area (Å²) in [4.78, 5) is 2.29. The quantitative estimate of drug-likeness (QED) is 0.833. The molecule has 2 unspecified atom stereocenters. The van der Waals surface area contributed by atoms with E-state index in [1.54, 1.807) is 12.1 Å². The lowest BCUT2D eigenvalue weighted by atomic mass is 10.1. The van der Waals surface area contributed by atoms with Crippen LogP contribution in [0, 0.1) is 11.7 Å². The first kappa shape index (κ1) is 11.4. The molecular formula is C13H18FNO. The molecule has 0 saturated carbocycles. The van der Waals surface area contributed by atoms with Crippen molar-refractivity contribution in [2.24, 2.45) is 5.92 Å². The summed E-state index contributed by atoms with van der Waals surface area (Å²) in [5, 5.41) is 9.61. The molecule has 1 heterocycles. The molecule has 2 nitrogen and oxygen atoms in total. The topological polar surface area (TPSA) is 23.5 Å². The molecule has 0 aromatic heterocycles. The summed E-state index contributed by atoms with van der Waals surface area (Å²) in [6.07, 6.45) is 1.18. The summed E-state index contributed by atoms with van der Waals surface area (Å²) in [7, 11) is 0. The van der Waals surface area contributed by atoms with Gasteiger partial charge in [-0.2, -0.15) is 0 Å². The van der Waals surface area contributed by atoms with Gasteiger partial charge in [0.1, 0.15) is 0 Å². The van der Waals surface area contributed by atoms with Crippen molar-refractivity contribution in [1.29, 1.82) is 0 Å². The predicted molar refractivity (Wildman–Crippen MR) is 61.7 cm³/mol. The summed E-state index contributed by atoms with van der Waals surface area (Å²) < 4.78 is 13.2. The second kappa shape index (κ2) is 4.42. The summed E-state index contributed by atoms with van der Waals surface area (Å²) in [5.41, 5.74) is 0.681. The van der Waals surface area contributed by atoms with Gasteiger partial charge in [-0.1, -0.05) is 19.1 Å². The zero-order valence-electron chi connectivity index (χ0n) is 9.78. The molecule has 16 heavy (non-hydrogen) atoms. The Bertz CT molecular complexity index is 380. The van der Waals surface area contributed by atoms with E-state index in [9.17, 15) is 9.50 Å². The van der Waals surface area contributed by atoms with Crippen molar-refractivity contribution in [2.75, 3.05) is 6.54 Å². The van der Waals surface area contributed by atoms with Gasteiger partial charge in [0, 0.05) is 24.7 Å². The van der Waals surface area contributed by atoms with Crippen LogP contribution in [0.3, 0.4) is 0 Å². The molecule has 0 aliphatic carbocycles. The van der Waals surface area contributed by atoms with E-state index in [0.29, 0.717) is 24.1 Å². The molecule has 1 aliphatic rings. The van der Waals surface area contributed by atoms with Crippen molar-refractivity contribution in [1.82, 2.24) is 4.90 Å². The van der Waals surface area contributed by atoms with Gasteiger partial charge < -0.3 is 5.11 Å². The fourth-order valence-electron chi connectivity index (χ4n) is 2.51. The third kappa shape index (κ3) is 2.19. The van der Waals surface area contributed by atoms with Gasteiger partial charge in [0.25, 0.3) is 0 Å². The first-order valence-electron chi connectivity index (χ1n) is 5.78. The molecule has 0 radical (unpaired) electrons. The third-order valence-corrected chi connectivity index (χ3v) is 3.36. The molecular weight excluding hydrogens is 205 g/mol. The standard InChI is InChI=1S/C13H18FNO/c1-9-6-10(2)15(7-9)8-11-4-3-5-12(14)13(11)16/h3-5,9-10,16H,6-8H2,1-2H3. The minimum atomic E-state index is -0.530. The second-order valence-corrected chi connectivity index (χ2v) is 4.87. The number of benzene rings is 1. The monoisotopic (exact) mass is 223 g/mol. The van der Waals surface area contributed by atoms with E-state index >= 15 is 0 Å². The molecule has 1 saturated heterocycles. The minimum Gasteiger partial charge on any atom is -0.505 e. The lowest BCUT2D eigenvalue weighted by Gasteiger charge is -2.21. The summed E-state index contributed by atoms with van der Waals surface area (Å²) in [5.74, 6) is -0.0441. The number of aromatic hydroxyl groups is 1. The van der Waals surface area contributed by atoms with Crippen LogP contribution in [0.4, 0.5) is 4.39 Å². The van der Waals surface area contributed by atoms with Crippen LogP contribution < -0.4 is 0 Å². The average molecular weight is 223 g/mol. The number of para-hydroxylation sites is 1. The lowest BCUT2D eigenvalue weighted by molar-refractivity contribution is 0.252. The van der Waals surface area contributed by atoms with Crippen LogP contribution in [0.25, 0.3) is 0 Å². The van der Waals surface area contributed by atoms with Crippen LogP contribution in [0.2, 0.25) is 0 Å². The number of nitrogens with zero attached hydrogens (tertiary/aromatic N) is 1. The van der Waals surface area contributed by atoms with E-state index in [1.165, 1.54) is 12.5 Å². The van der Waals surface area contributed by atoms with Crippen LogP contribution >= 0.6 is 0 Å². The highest BCUT2D eigenvalue weighted by Gasteiger charge is 2.26. The maximum absolute atomic E-state index is 13.2. The van der Waals surface area contributed by atoms with Crippen molar-refractivity contribution in [3.63, 3.8) is 0 Å². The Kier molecular flexibility index (Phi) is 3.15. The van der Waals surface area contributed by atoms with Gasteiger partial charge in [-0.15, -0.1) is 0 Å². The van der Waals surface area contributed by atoms with E-state index in [4.69, 9.17) is 0 Å². The Morgan fingerprint density at radius 2 is 2.19 bits per heavy atom. The molecule has 0 spiro atoms. The van der Waals surface area contributed by atoms with Crippen molar-refractivity contribution in [3.05, 3.63) is 29.6 Å². The first-order chi connectivity index (χ1) is 7.58. The number of halogens is 1. The van der Waals surface area contributed by atoms with E-state index < -0.39 is 5.82 Å². The van der Waals surface area contributed by atoms with Gasteiger partial charge >= 0.3 is 0 Å². The number of rotatable bonds is 2. The van der Waals surface area contributed by atoms with Gasteiger partial charge in [0.15, 0.2) is 11.6 Å². The number of phenols is 1. The molecule has 1 aliphatic heterocycles. The van der Waals surface area contributed by atoms with Crippen LogP contribution in [0.15, 0.2) is 18.2 Å². The Balaban J connectivity index is 2.12. The molecule has 1 aromatic carbocycles. The van der Waals surface area contributed by atoms with Crippen LogP contribution in [-0.4, -0.2) is 22.6 Å². The van der Waals surface area contributed by atoms with E-state index in [1.807, 2.05) is 0 Å². The Hall–Kier alpha value is -1.09. The van der Waals surface area contributed by atoms with Gasteiger partial charge in [-0.25, -0.2) is 4.39 Å². The van der Waals surface area contributed by atoms with Gasteiger partial charge in [0.05, 0.1) is 0 Å². The number of likely N-dealkylation sites (tertiary alicyclic amines) is 1. The highest BCUT2D eigenvalue weighted by atomic mass is 19.1. The molecule has 0 amide bonds. The van der Waals surface area contributed by atoms with Crippen LogP contribution in [0.5, 0.6) is 5.75 Å². The first-order valence-corrected chi connectivity index (χ1v) is 5.78. The largest absolute Gasteiger partial charge is 0.505 e. The molecule has 88 valence electrons. The highest BCUT2D eigenvalue weighted by Crippen LogP contribution is 2.28. The maximum atomic E-state index is 13.2. The van der Waals surface area contributed by atoms with Crippen molar-refractivity contribution in [3.8, 4) is 5.75 Å².